The molecule has 0 aliphatic carbocycles. The van der Waals surface area contributed by atoms with E-state index in [4.69, 9.17) is 0 Å². The first-order chi connectivity index (χ1) is 7.33. The van der Waals surface area contributed by atoms with Crippen LogP contribution in [0.2, 0.25) is 9.44 Å². The van der Waals surface area contributed by atoms with E-state index in [1.807, 2.05) is 30.3 Å². The number of hydrogen-bond donors (Lipinski definition) is 1. The van der Waals surface area contributed by atoms with E-state index >= 15 is 0 Å². The second-order valence-electron chi connectivity index (χ2n) is 3.36. The number of rotatable bonds is 6. The number of carbonyl (C=O) groups is 1. The molecule has 0 spiro atoms. The van der Waals surface area contributed by atoms with Crippen molar-refractivity contribution in [1.29, 1.82) is 0 Å². The van der Waals surface area contributed by atoms with E-state index < -0.39 is 0 Å². The summed E-state index contributed by atoms with van der Waals surface area (Å²) in [4.78, 5) is 13.7. The van der Waals surface area contributed by atoms with Crippen LogP contribution >= 0.6 is 0 Å². The Bertz CT molecular complexity index is 287. The van der Waals surface area contributed by atoms with E-state index in [1.54, 1.807) is 0 Å². The van der Waals surface area contributed by atoms with Crippen LogP contribution in [-0.2, 0) is 11.3 Å². The Kier molecular flexibility index (Phi) is 6.47. The van der Waals surface area contributed by atoms with Gasteiger partial charge >= 0.3 is 102 Å². The molecule has 1 rings (SSSR count). The molecule has 0 aliphatic rings. The van der Waals surface area contributed by atoms with E-state index in [2.05, 4.69) is 10.3 Å². The van der Waals surface area contributed by atoms with Crippen molar-refractivity contribution in [3.05, 3.63) is 35.9 Å². The molecule has 1 amide bonds. The van der Waals surface area contributed by atoms with Crippen molar-refractivity contribution >= 4 is 26.8 Å². The molecule has 0 radical (unpaired) electrons. The molecule has 0 saturated heterocycles. The fourth-order valence-electron chi connectivity index (χ4n) is 1.26. The summed E-state index contributed by atoms with van der Waals surface area (Å²) < 4.78 is 1.27. The van der Waals surface area contributed by atoms with Gasteiger partial charge in [-0.1, -0.05) is 0 Å². The Labute approximate surface area is 102 Å². The molecular formula is C12H17NOTe. The van der Waals surface area contributed by atoms with Gasteiger partial charge in [-0.3, -0.25) is 0 Å². The van der Waals surface area contributed by atoms with Crippen LogP contribution < -0.4 is 5.32 Å². The van der Waals surface area contributed by atoms with E-state index in [-0.39, 0.29) is 26.8 Å². The van der Waals surface area contributed by atoms with Gasteiger partial charge in [-0.2, -0.15) is 0 Å². The maximum absolute atomic E-state index is 11.4. The van der Waals surface area contributed by atoms with Crippen LogP contribution in [0.1, 0.15) is 18.4 Å². The van der Waals surface area contributed by atoms with Crippen molar-refractivity contribution in [2.45, 2.75) is 28.8 Å². The number of hydrogen-bond acceptors (Lipinski definition) is 1. The first-order valence-electron chi connectivity index (χ1n) is 5.12. The van der Waals surface area contributed by atoms with Gasteiger partial charge < -0.3 is 0 Å². The van der Waals surface area contributed by atoms with Gasteiger partial charge in [0.1, 0.15) is 0 Å². The predicted octanol–water partition coefficient (Wildman–Crippen LogP) is 2.25. The van der Waals surface area contributed by atoms with Gasteiger partial charge in [-0.15, -0.1) is 0 Å². The molecule has 1 aromatic carbocycles. The summed E-state index contributed by atoms with van der Waals surface area (Å²) in [7, 11) is 0. The standard InChI is InChI=1S/C12H17NOTe/c1-15-9-5-8-12(14)13-10-11-6-3-2-4-7-11/h2-4,6-7H,5,8-10H2,1H3,(H,13,14). The van der Waals surface area contributed by atoms with Gasteiger partial charge in [0, 0.05) is 0 Å². The molecule has 1 N–H and O–H groups in total. The van der Waals surface area contributed by atoms with E-state index in [1.165, 1.54) is 4.47 Å². The van der Waals surface area contributed by atoms with Crippen LogP contribution in [0.25, 0.3) is 0 Å². The second-order valence-corrected chi connectivity index (χ2v) is 6.17. The topological polar surface area (TPSA) is 29.1 Å². The minimum atomic E-state index is 0.180. The van der Waals surface area contributed by atoms with Gasteiger partial charge in [0.25, 0.3) is 0 Å². The monoisotopic (exact) mass is 321 g/mol. The number of carbonyl (C=O) groups excluding carboxylic acids is 1. The van der Waals surface area contributed by atoms with E-state index in [9.17, 15) is 4.79 Å². The predicted molar refractivity (Wildman–Crippen MR) is 63.9 cm³/mol. The summed E-state index contributed by atoms with van der Waals surface area (Å²) in [6, 6.07) is 10.0. The number of benzene rings is 1. The molecule has 0 saturated carbocycles. The molecule has 2 nitrogen and oxygen atoms in total. The van der Waals surface area contributed by atoms with Crippen molar-refractivity contribution in [3.8, 4) is 0 Å². The van der Waals surface area contributed by atoms with Gasteiger partial charge in [-0.25, -0.2) is 0 Å². The van der Waals surface area contributed by atoms with Crippen molar-refractivity contribution in [3.63, 3.8) is 0 Å². The molecule has 0 aromatic heterocycles. The Morgan fingerprint density at radius 1 is 1.33 bits per heavy atom. The fourth-order valence-corrected chi connectivity index (χ4v) is 2.50. The Balaban J connectivity index is 2.17. The Morgan fingerprint density at radius 2 is 2.07 bits per heavy atom. The quantitative estimate of drug-likeness (QED) is 0.632. The maximum atomic E-state index is 11.4. The van der Waals surface area contributed by atoms with Crippen LogP contribution in [0.15, 0.2) is 30.3 Å². The van der Waals surface area contributed by atoms with Crippen molar-refractivity contribution in [1.82, 2.24) is 5.32 Å². The zero-order chi connectivity index (χ0) is 10.9. The Hall–Kier alpha value is -0.520. The van der Waals surface area contributed by atoms with E-state index in [0.29, 0.717) is 13.0 Å². The van der Waals surface area contributed by atoms with Crippen molar-refractivity contribution in [2.24, 2.45) is 0 Å². The van der Waals surface area contributed by atoms with Crippen LogP contribution in [0, 0.1) is 0 Å². The van der Waals surface area contributed by atoms with Gasteiger partial charge in [0.2, 0.25) is 0 Å². The van der Waals surface area contributed by atoms with Gasteiger partial charge in [-0.05, 0) is 0 Å². The van der Waals surface area contributed by atoms with Crippen molar-refractivity contribution < 1.29 is 4.79 Å². The zero-order valence-electron chi connectivity index (χ0n) is 9.03. The molecule has 0 atom stereocenters. The van der Waals surface area contributed by atoms with Crippen molar-refractivity contribution in [2.75, 3.05) is 0 Å². The summed E-state index contributed by atoms with van der Waals surface area (Å²) in [5.41, 5.74) is 1.16. The Morgan fingerprint density at radius 3 is 2.73 bits per heavy atom. The van der Waals surface area contributed by atoms with Crippen LogP contribution in [0.3, 0.4) is 0 Å². The average Bonchev–Trinajstić information content (AvgIpc) is 2.28. The minimum absolute atomic E-state index is 0.180. The normalized spacial score (nSPS) is 9.93. The summed E-state index contributed by atoms with van der Waals surface area (Å²) in [6.07, 6.45) is 1.74. The number of amides is 1. The fraction of sp³-hybridized carbons (Fsp3) is 0.417. The van der Waals surface area contributed by atoms with Crippen LogP contribution in [0.5, 0.6) is 0 Å². The molecule has 1 aromatic rings. The molecule has 0 unspecified atom stereocenters. The molecule has 3 heteroatoms. The first-order valence-corrected chi connectivity index (χ1v) is 9.10. The molecule has 0 heterocycles. The third-order valence-electron chi connectivity index (χ3n) is 2.08. The summed E-state index contributed by atoms with van der Waals surface area (Å²) >= 11 is 0.192. The molecule has 0 bridgehead atoms. The summed E-state index contributed by atoms with van der Waals surface area (Å²) in [5.74, 6) is 0.180. The van der Waals surface area contributed by atoms with Crippen LogP contribution in [0.4, 0.5) is 0 Å². The molecular weight excluding hydrogens is 302 g/mol. The SMILES string of the molecule is C[Te]CCCC(=O)NCc1ccccc1. The zero-order valence-corrected chi connectivity index (χ0v) is 11.4. The average molecular weight is 319 g/mol. The number of nitrogens with one attached hydrogen (secondary N) is 1. The molecule has 0 aliphatic heterocycles. The molecule has 0 fully saturated rings. The van der Waals surface area contributed by atoms with Gasteiger partial charge in [0.05, 0.1) is 0 Å². The summed E-state index contributed by atoms with van der Waals surface area (Å²) in [5, 5.41) is 2.93. The first kappa shape index (κ1) is 12.5. The second kappa shape index (κ2) is 7.73. The van der Waals surface area contributed by atoms with Gasteiger partial charge in [0.15, 0.2) is 0 Å². The van der Waals surface area contributed by atoms with Crippen LogP contribution in [-0.4, -0.2) is 26.8 Å². The van der Waals surface area contributed by atoms with E-state index in [0.717, 1.165) is 12.0 Å². The third-order valence-corrected chi connectivity index (χ3v) is 4.07. The summed E-state index contributed by atoms with van der Waals surface area (Å²) in [6.45, 7) is 0.655. The molecule has 82 valence electrons. The molecule has 15 heavy (non-hydrogen) atoms. The third kappa shape index (κ3) is 5.81.